The summed E-state index contributed by atoms with van der Waals surface area (Å²) in [5, 5.41) is 7.93. The molecule has 1 fully saturated rings. The molecular weight excluding hydrogens is 447 g/mol. The highest BCUT2D eigenvalue weighted by molar-refractivity contribution is 14.0. The molecule has 25 heavy (non-hydrogen) atoms. The van der Waals surface area contributed by atoms with Crippen LogP contribution in [-0.2, 0) is 17.7 Å². The van der Waals surface area contributed by atoms with Crippen LogP contribution in [0.1, 0.15) is 50.4 Å². The number of nitrogens with one attached hydrogen (secondary N) is 2. The number of ether oxygens (including phenoxy) is 1. The van der Waals surface area contributed by atoms with E-state index >= 15 is 0 Å². The van der Waals surface area contributed by atoms with E-state index in [1.165, 1.54) is 11.3 Å². The smallest absolute Gasteiger partial charge is 0.191 e. The molecule has 1 aromatic rings. The third-order valence-electron chi connectivity index (χ3n) is 4.41. The van der Waals surface area contributed by atoms with Gasteiger partial charge >= 0.3 is 0 Å². The predicted molar refractivity (Wildman–Crippen MR) is 117 cm³/mol. The molecule has 0 amide bonds. The van der Waals surface area contributed by atoms with Gasteiger partial charge in [0.1, 0.15) is 5.01 Å². The van der Waals surface area contributed by atoms with Gasteiger partial charge in [0, 0.05) is 37.2 Å². The Kier molecular flexibility index (Phi) is 9.66. The van der Waals surface area contributed by atoms with Gasteiger partial charge in [-0.3, -0.25) is 4.99 Å². The van der Waals surface area contributed by atoms with Gasteiger partial charge in [-0.05, 0) is 24.7 Å². The summed E-state index contributed by atoms with van der Waals surface area (Å²) in [5.74, 6) is 1.35. The molecule has 0 spiro atoms. The molecule has 1 aliphatic heterocycles. The molecule has 0 bridgehead atoms. The number of nitrogens with zero attached hydrogens (tertiary/aromatic N) is 2. The van der Waals surface area contributed by atoms with Crippen LogP contribution in [0.5, 0.6) is 0 Å². The molecule has 1 aromatic heterocycles. The molecule has 0 aromatic carbocycles. The van der Waals surface area contributed by atoms with Crippen LogP contribution in [0.25, 0.3) is 0 Å². The maximum Gasteiger partial charge on any atom is 0.191 e. The number of aryl methyl sites for hydroxylation is 1. The van der Waals surface area contributed by atoms with E-state index in [-0.39, 0.29) is 29.4 Å². The number of rotatable bonds is 5. The minimum Gasteiger partial charge on any atom is -0.377 e. The minimum atomic E-state index is 0. The molecule has 144 valence electrons. The Morgan fingerprint density at radius 2 is 2.16 bits per heavy atom. The lowest BCUT2D eigenvalue weighted by Gasteiger charge is -2.40. The van der Waals surface area contributed by atoms with Crippen molar-refractivity contribution in [3.63, 3.8) is 0 Å². The summed E-state index contributed by atoms with van der Waals surface area (Å²) in [6.45, 7) is 11.4. The Morgan fingerprint density at radius 1 is 1.40 bits per heavy atom. The van der Waals surface area contributed by atoms with E-state index in [9.17, 15) is 0 Å². The Morgan fingerprint density at radius 3 is 2.76 bits per heavy atom. The van der Waals surface area contributed by atoms with Crippen molar-refractivity contribution in [1.82, 2.24) is 15.6 Å². The van der Waals surface area contributed by atoms with Crippen LogP contribution in [-0.4, -0.2) is 37.2 Å². The number of halogens is 1. The summed E-state index contributed by atoms with van der Waals surface area (Å²) in [6, 6.07) is 0. The zero-order valence-electron chi connectivity index (χ0n) is 16.1. The first-order valence-electron chi connectivity index (χ1n) is 8.93. The van der Waals surface area contributed by atoms with E-state index in [4.69, 9.17) is 4.74 Å². The fourth-order valence-corrected chi connectivity index (χ4v) is 4.01. The zero-order valence-corrected chi connectivity index (χ0v) is 19.2. The lowest BCUT2D eigenvalue weighted by atomic mass is 9.78. The van der Waals surface area contributed by atoms with E-state index in [2.05, 4.69) is 48.3 Å². The van der Waals surface area contributed by atoms with Crippen molar-refractivity contribution in [2.45, 2.75) is 59.6 Å². The van der Waals surface area contributed by atoms with Crippen LogP contribution in [0.3, 0.4) is 0 Å². The molecule has 2 rings (SSSR count). The topological polar surface area (TPSA) is 58.5 Å². The molecule has 1 aliphatic rings. The van der Waals surface area contributed by atoms with Crippen molar-refractivity contribution in [3.8, 4) is 0 Å². The quantitative estimate of drug-likeness (QED) is 0.382. The fraction of sp³-hybridized carbons (Fsp3) is 0.778. The maximum absolute atomic E-state index is 6.06. The molecule has 0 aliphatic carbocycles. The van der Waals surface area contributed by atoms with Gasteiger partial charge in [-0.15, -0.1) is 35.3 Å². The summed E-state index contributed by atoms with van der Waals surface area (Å²) in [7, 11) is 1.81. The number of aliphatic imine (C=N–C) groups is 1. The molecule has 2 heterocycles. The SMILES string of the molecule is CCc1cnc(CNC(=NC)NCC2CCCOC2C(C)(C)C)s1.I. The van der Waals surface area contributed by atoms with Crippen molar-refractivity contribution in [2.24, 2.45) is 16.3 Å². The first kappa shape index (κ1) is 22.6. The Balaban J connectivity index is 0.00000312. The largest absolute Gasteiger partial charge is 0.377 e. The average Bonchev–Trinajstić information content (AvgIpc) is 3.02. The van der Waals surface area contributed by atoms with Gasteiger partial charge < -0.3 is 15.4 Å². The zero-order chi connectivity index (χ0) is 17.6. The monoisotopic (exact) mass is 480 g/mol. The maximum atomic E-state index is 6.06. The second-order valence-corrected chi connectivity index (χ2v) is 8.64. The number of guanidine groups is 1. The van der Waals surface area contributed by atoms with Crippen molar-refractivity contribution >= 4 is 41.3 Å². The van der Waals surface area contributed by atoms with E-state index in [0.717, 1.165) is 37.0 Å². The van der Waals surface area contributed by atoms with Gasteiger partial charge in [-0.25, -0.2) is 4.98 Å². The Bertz CT molecular complexity index is 541. The van der Waals surface area contributed by atoms with Gasteiger partial charge in [0.15, 0.2) is 5.96 Å². The van der Waals surface area contributed by atoms with Crippen molar-refractivity contribution in [3.05, 3.63) is 16.1 Å². The van der Waals surface area contributed by atoms with Crippen LogP contribution >= 0.6 is 35.3 Å². The standard InChI is InChI=1S/C18H32N4OS.HI/c1-6-14-11-20-15(24-14)12-22-17(19-5)21-10-13-8-7-9-23-16(13)18(2,3)4;/h11,13,16H,6-10,12H2,1-5H3,(H2,19,21,22);1H. The molecule has 5 nitrogen and oxygen atoms in total. The van der Waals surface area contributed by atoms with E-state index < -0.39 is 0 Å². The van der Waals surface area contributed by atoms with Crippen molar-refractivity contribution in [1.29, 1.82) is 0 Å². The lowest BCUT2D eigenvalue weighted by Crippen LogP contribution is -2.47. The van der Waals surface area contributed by atoms with Crippen LogP contribution in [0, 0.1) is 11.3 Å². The van der Waals surface area contributed by atoms with Crippen LogP contribution in [0.2, 0.25) is 0 Å². The normalized spacial score (nSPS) is 21.6. The molecule has 1 saturated heterocycles. The van der Waals surface area contributed by atoms with Crippen LogP contribution < -0.4 is 10.6 Å². The highest BCUT2D eigenvalue weighted by atomic mass is 127. The summed E-state index contributed by atoms with van der Waals surface area (Å²) >= 11 is 1.76. The summed E-state index contributed by atoms with van der Waals surface area (Å²) < 4.78 is 6.06. The lowest BCUT2D eigenvalue weighted by molar-refractivity contribution is -0.0835. The predicted octanol–water partition coefficient (Wildman–Crippen LogP) is 3.83. The molecule has 7 heteroatoms. The van der Waals surface area contributed by atoms with Gasteiger partial charge in [-0.2, -0.15) is 0 Å². The summed E-state index contributed by atoms with van der Waals surface area (Å²) in [5.41, 5.74) is 0.168. The molecule has 2 atom stereocenters. The molecule has 2 unspecified atom stereocenters. The average molecular weight is 480 g/mol. The van der Waals surface area contributed by atoms with Gasteiger partial charge in [0.2, 0.25) is 0 Å². The third kappa shape index (κ3) is 7.02. The second-order valence-electron chi connectivity index (χ2n) is 7.44. The van der Waals surface area contributed by atoms with Crippen molar-refractivity contribution < 1.29 is 4.74 Å². The van der Waals surface area contributed by atoms with Gasteiger partial charge in [0.25, 0.3) is 0 Å². The first-order chi connectivity index (χ1) is 11.4. The number of hydrogen-bond acceptors (Lipinski definition) is 4. The second kappa shape index (κ2) is 10.7. The van der Waals surface area contributed by atoms with E-state index in [0.29, 0.717) is 18.6 Å². The number of thiazole rings is 1. The molecule has 0 radical (unpaired) electrons. The number of hydrogen-bond donors (Lipinski definition) is 2. The summed E-state index contributed by atoms with van der Waals surface area (Å²) in [6.07, 6.45) is 5.65. The molecular formula is C18H33IN4OS. The molecule has 0 saturated carbocycles. The van der Waals surface area contributed by atoms with Gasteiger partial charge in [-0.1, -0.05) is 27.7 Å². The highest BCUT2D eigenvalue weighted by Crippen LogP contribution is 2.33. The Hall–Kier alpha value is -0.410. The molecule has 2 N–H and O–H groups in total. The highest BCUT2D eigenvalue weighted by Gasteiger charge is 2.35. The van der Waals surface area contributed by atoms with Crippen molar-refractivity contribution in [2.75, 3.05) is 20.2 Å². The van der Waals surface area contributed by atoms with E-state index in [1.807, 2.05) is 13.2 Å². The fourth-order valence-electron chi connectivity index (χ4n) is 3.21. The van der Waals surface area contributed by atoms with Gasteiger partial charge in [0.05, 0.1) is 12.6 Å². The van der Waals surface area contributed by atoms with Crippen LogP contribution in [0.4, 0.5) is 0 Å². The minimum absolute atomic E-state index is 0. The first-order valence-corrected chi connectivity index (χ1v) is 9.75. The third-order valence-corrected chi connectivity index (χ3v) is 5.55. The number of aromatic nitrogens is 1. The van der Waals surface area contributed by atoms with Crippen LogP contribution in [0.15, 0.2) is 11.2 Å². The van der Waals surface area contributed by atoms with E-state index in [1.54, 1.807) is 11.3 Å². The summed E-state index contributed by atoms with van der Waals surface area (Å²) in [4.78, 5) is 10.1. The Labute approximate surface area is 173 Å².